The van der Waals surface area contributed by atoms with Crippen LogP contribution in [-0.4, -0.2) is 29.4 Å². The zero-order valence-corrected chi connectivity index (χ0v) is 18.9. The standard InChI is InChI=1S/C26H25F2N5O/c1-26(27,28)22-6-4-3-5-18(22)16-33-24-12-7-17(19-14-29-30-15-19)13-23(24)32-25(33)31-20-8-10-21(34-2)11-9-20/h3-14,19,30H,15-16H2,1-2H3,(H,31,32). The Morgan fingerprint density at radius 1 is 1.12 bits per heavy atom. The van der Waals surface area contributed by atoms with Crippen LogP contribution in [0.5, 0.6) is 5.75 Å². The van der Waals surface area contributed by atoms with E-state index in [0.29, 0.717) is 11.5 Å². The lowest BCUT2D eigenvalue weighted by Gasteiger charge is -2.18. The molecule has 1 atom stereocenters. The van der Waals surface area contributed by atoms with E-state index in [-0.39, 0.29) is 18.0 Å². The second-order valence-corrected chi connectivity index (χ2v) is 8.42. The summed E-state index contributed by atoms with van der Waals surface area (Å²) in [5.74, 6) is -1.45. The van der Waals surface area contributed by atoms with Crippen LogP contribution in [0.1, 0.15) is 29.5 Å². The third-order valence-electron chi connectivity index (χ3n) is 6.02. The van der Waals surface area contributed by atoms with E-state index in [9.17, 15) is 8.78 Å². The summed E-state index contributed by atoms with van der Waals surface area (Å²) in [5.41, 5.74) is 7.10. The average molecular weight is 462 g/mol. The van der Waals surface area contributed by atoms with Gasteiger partial charge in [0, 0.05) is 36.9 Å². The maximum absolute atomic E-state index is 14.3. The molecule has 2 N–H and O–H groups in total. The monoisotopic (exact) mass is 461 g/mol. The van der Waals surface area contributed by atoms with E-state index >= 15 is 0 Å². The molecule has 1 unspecified atom stereocenters. The number of anilines is 2. The Hall–Kier alpha value is -3.94. The van der Waals surface area contributed by atoms with Crippen LogP contribution in [0.3, 0.4) is 0 Å². The van der Waals surface area contributed by atoms with E-state index in [0.717, 1.165) is 41.5 Å². The summed E-state index contributed by atoms with van der Waals surface area (Å²) in [6, 6.07) is 20.2. The molecule has 1 aromatic heterocycles. The molecule has 0 fully saturated rings. The van der Waals surface area contributed by atoms with Crippen molar-refractivity contribution >= 4 is 28.9 Å². The lowest BCUT2D eigenvalue weighted by molar-refractivity contribution is 0.0165. The second kappa shape index (κ2) is 8.78. The highest BCUT2D eigenvalue weighted by atomic mass is 19.3. The largest absolute Gasteiger partial charge is 0.497 e. The summed E-state index contributed by atoms with van der Waals surface area (Å²) in [6.07, 6.45) is 1.88. The molecule has 0 aliphatic carbocycles. The van der Waals surface area contributed by atoms with Gasteiger partial charge in [-0.1, -0.05) is 30.3 Å². The molecule has 4 aromatic rings. The number of ether oxygens (including phenoxy) is 1. The van der Waals surface area contributed by atoms with Crippen molar-refractivity contribution in [3.8, 4) is 5.75 Å². The Labute approximate surface area is 196 Å². The number of nitrogens with zero attached hydrogens (tertiary/aromatic N) is 3. The minimum atomic E-state index is -2.95. The maximum atomic E-state index is 14.3. The van der Waals surface area contributed by atoms with Crippen molar-refractivity contribution in [3.63, 3.8) is 0 Å². The zero-order chi connectivity index (χ0) is 23.7. The Morgan fingerprint density at radius 2 is 1.91 bits per heavy atom. The van der Waals surface area contributed by atoms with Crippen LogP contribution < -0.4 is 15.5 Å². The molecule has 34 heavy (non-hydrogen) atoms. The molecule has 5 rings (SSSR count). The molecule has 3 aromatic carbocycles. The van der Waals surface area contributed by atoms with Crippen LogP contribution in [0.2, 0.25) is 0 Å². The summed E-state index contributed by atoms with van der Waals surface area (Å²) >= 11 is 0. The highest BCUT2D eigenvalue weighted by Crippen LogP contribution is 2.33. The molecular weight excluding hydrogens is 436 g/mol. The van der Waals surface area contributed by atoms with Crippen LogP contribution in [0, 0.1) is 0 Å². The molecule has 0 saturated heterocycles. The summed E-state index contributed by atoms with van der Waals surface area (Å²) in [6.45, 7) is 1.92. The number of benzene rings is 3. The van der Waals surface area contributed by atoms with E-state index in [1.54, 1.807) is 25.3 Å². The first-order valence-corrected chi connectivity index (χ1v) is 11.1. The fraction of sp³-hybridized carbons (Fsp3) is 0.231. The predicted molar refractivity (Wildman–Crippen MR) is 130 cm³/mol. The average Bonchev–Trinajstić information content (AvgIpc) is 3.48. The molecule has 0 radical (unpaired) electrons. The number of aromatic nitrogens is 2. The van der Waals surface area contributed by atoms with Crippen molar-refractivity contribution in [2.45, 2.75) is 25.3 Å². The summed E-state index contributed by atoms with van der Waals surface area (Å²) in [5, 5.41) is 7.46. The number of hydrogen-bond donors (Lipinski definition) is 2. The van der Waals surface area contributed by atoms with Gasteiger partial charge in [0.25, 0.3) is 5.92 Å². The van der Waals surface area contributed by atoms with Gasteiger partial charge in [-0.05, 0) is 47.5 Å². The van der Waals surface area contributed by atoms with Gasteiger partial charge >= 0.3 is 0 Å². The van der Waals surface area contributed by atoms with Crippen LogP contribution in [0.4, 0.5) is 20.4 Å². The highest BCUT2D eigenvalue weighted by Gasteiger charge is 2.27. The number of methoxy groups -OCH3 is 1. The molecule has 6 nitrogen and oxygen atoms in total. The normalized spacial score (nSPS) is 15.5. The lowest BCUT2D eigenvalue weighted by atomic mass is 10.0. The fourth-order valence-electron chi connectivity index (χ4n) is 4.24. The van der Waals surface area contributed by atoms with Crippen LogP contribution in [0.15, 0.2) is 71.8 Å². The van der Waals surface area contributed by atoms with Crippen LogP contribution >= 0.6 is 0 Å². The van der Waals surface area contributed by atoms with Gasteiger partial charge in [-0.25, -0.2) is 13.8 Å². The molecule has 0 bridgehead atoms. The minimum Gasteiger partial charge on any atom is -0.497 e. The number of rotatable bonds is 7. The van der Waals surface area contributed by atoms with E-state index in [1.165, 1.54) is 6.07 Å². The topological polar surface area (TPSA) is 63.5 Å². The molecule has 2 heterocycles. The smallest absolute Gasteiger partial charge is 0.270 e. The van der Waals surface area contributed by atoms with Gasteiger partial charge in [0.05, 0.1) is 24.7 Å². The van der Waals surface area contributed by atoms with Gasteiger partial charge in [0.1, 0.15) is 5.75 Å². The number of hydrazone groups is 1. The highest BCUT2D eigenvalue weighted by molar-refractivity contribution is 5.82. The first-order chi connectivity index (χ1) is 16.4. The van der Waals surface area contributed by atoms with E-state index in [1.807, 2.05) is 53.2 Å². The van der Waals surface area contributed by atoms with Crippen molar-refractivity contribution < 1.29 is 13.5 Å². The van der Waals surface area contributed by atoms with Gasteiger partial charge in [0.15, 0.2) is 0 Å². The number of nitrogens with one attached hydrogen (secondary N) is 2. The van der Waals surface area contributed by atoms with Gasteiger partial charge in [-0.15, -0.1) is 0 Å². The molecule has 0 amide bonds. The summed E-state index contributed by atoms with van der Waals surface area (Å²) in [7, 11) is 1.62. The number of fused-ring (bicyclic) bond motifs is 1. The zero-order valence-electron chi connectivity index (χ0n) is 18.9. The molecule has 174 valence electrons. The van der Waals surface area contributed by atoms with Crippen molar-refractivity contribution in [1.82, 2.24) is 15.0 Å². The quantitative estimate of drug-likeness (QED) is 0.375. The molecule has 0 spiro atoms. The third kappa shape index (κ3) is 4.31. The third-order valence-corrected chi connectivity index (χ3v) is 6.02. The van der Waals surface area contributed by atoms with Crippen LogP contribution in [-0.2, 0) is 12.5 Å². The van der Waals surface area contributed by atoms with Crippen LogP contribution in [0.25, 0.3) is 11.0 Å². The Morgan fingerprint density at radius 3 is 2.62 bits per heavy atom. The van der Waals surface area contributed by atoms with Crippen molar-refractivity contribution in [1.29, 1.82) is 0 Å². The molecule has 1 aliphatic rings. The summed E-state index contributed by atoms with van der Waals surface area (Å²) in [4.78, 5) is 4.84. The first kappa shape index (κ1) is 21.9. The van der Waals surface area contributed by atoms with E-state index in [4.69, 9.17) is 9.72 Å². The van der Waals surface area contributed by atoms with Crippen molar-refractivity contribution in [2.24, 2.45) is 5.10 Å². The van der Waals surface area contributed by atoms with E-state index < -0.39 is 5.92 Å². The Bertz CT molecular complexity index is 1340. The minimum absolute atomic E-state index is 0.0112. The Kier molecular flexibility index (Phi) is 5.65. The summed E-state index contributed by atoms with van der Waals surface area (Å²) < 4.78 is 35.8. The number of hydrogen-bond acceptors (Lipinski definition) is 5. The van der Waals surface area contributed by atoms with Gasteiger partial charge in [-0.2, -0.15) is 5.10 Å². The maximum Gasteiger partial charge on any atom is 0.270 e. The number of imidazole rings is 1. The molecular formula is C26H25F2N5O. The van der Waals surface area contributed by atoms with Crippen molar-refractivity contribution in [2.75, 3.05) is 19.0 Å². The number of alkyl halides is 2. The number of halogens is 2. The fourth-order valence-corrected chi connectivity index (χ4v) is 4.24. The predicted octanol–water partition coefficient (Wildman–Crippen LogP) is 5.62. The van der Waals surface area contributed by atoms with E-state index in [2.05, 4.69) is 15.8 Å². The lowest BCUT2D eigenvalue weighted by Crippen LogP contribution is -2.14. The van der Waals surface area contributed by atoms with Crippen molar-refractivity contribution in [3.05, 3.63) is 83.4 Å². The van der Waals surface area contributed by atoms with Gasteiger partial charge < -0.3 is 20.0 Å². The molecule has 0 saturated carbocycles. The SMILES string of the molecule is COc1ccc(Nc2nc3cc(C4C=NNC4)ccc3n2Cc2ccccc2C(C)(F)F)cc1. The molecule has 8 heteroatoms. The molecule has 1 aliphatic heterocycles. The first-order valence-electron chi connectivity index (χ1n) is 11.1. The van der Waals surface area contributed by atoms with Gasteiger partial charge in [0.2, 0.25) is 5.95 Å². The second-order valence-electron chi connectivity index (χ2n) is 8.42. The Balaban J connectivity index is 1.58. The van der Waals surface area contributed by atoms with Gasteiger partial charge in [-0.3, -0.25) is 0 Å².